The molecule has 0 radical (unpaired) electrons. The van der Waals surface area contributed by atoms with E-state index >= 15 is 0 Å². The molecule has 2 nitrogen and oxygen atoms in total. The summed E-state index contributed by atoms with van der Waals surface area (Å²) in [6.45, 7) is 1.58. The molecule has 2 aromatic carbocycles. The summed E-state index contributed by atoms with van der Waals surface area (Å²) in [6.07, 6.45) is 3.88. The van der Waals surface area contributed by atoms with E-state index in [0.717, 1.165) is 11.1 Å². The van der Waals surface area contributed by atoms with Crippen LogP contribution in [-0.4, -0.2) is 5.78 Å². The third kappa shape index (κ3) is 3.49. The molecule has 114 valence electrons. The Morgan fingerprint density at radius 1 is 0.913 bits per heavy atom. The van der Waals surface area contributed by atoms with E-state index in [1.807, 2.05) is 67.0 Å². The molecule has 0 N–H and O–H groups in total. The van der Waals surface area contributed by atoms with Gasteiger partial charge in [0.2, 0.25) is 6.04 Å². The Bertz CT molecular complexity index is 813. The molecule has 3 rings (SSSR count). The van der Waals surface area contributed by atoms with Crippen LogP contribution in [0.2, 0.25) is 5.02 Å². The molecule has 0 aliphatic heterocycles. The van der Waals surface area contributed by atoms with E-state index in [9.17, 15) is 4.79 Å². The van der Waals surface area contributed by atoms with Crippen LogP contribution in [0.1, 0.15) is 34.5 Å². The molecule has 1 heterocycles. The van der Waals surface area contributed by atoms with Gasteiger partial charge >= 0.3 is 0 Å². The number of halogens is 1. The van der Waals surface area contributed by atoms with Gasteiger partial charge in [0.05, 0.1) is 5.56 Å². The molecule has 0 aliphatic carbocycles. The van der Waals surface area contributed by atoms with E-state index in [4.69, 9.17) is 11.6 Å². The molecule has 0 unspecified atom stereocenters. The summed E-state index contributed by atoms with van der Waals surface area (Å²) >= 11 is 6.02. The maximum Gasteiger partial charge on any atom is 0.208 e. The van der Waals surface area contributed by atoms with Gasteiger partial charge in [-0.25, -0.2) is 0 Å². The lowest BCUT2D eigenvalue weighted by Crippen LogP contribution is -2.40. The quantitative estimate of drug-likeness (QED) is 0.513. The maximum absolute atomic E-state index is 11.7. The van der Waals surface area contributed by atoms with Gasteiger partial charge in [-0.15, -0.1) is 0 Å². The van der Waals surface area contributed by atoms with E-state index < -0.39 is 0 Å². The lowest BCUT2D eigenvalue weighted by atomic mass is 9.98. The summed E-state index contributed by atoms with van der Waals surface area (Å²) < 4.78 is 2.06. The molecule has 0 saturated carbocycles. The number of nitrogens with zero attached hydrogens (tertiary/aromatic N) is 1. The molecular formula is C20H17ClNO+. The third-order valence-electron chi connectivity index (χ3n) is 3.83. The average Bonchev–Trinajstić information content (AvgIpc) is 2.58. The van der Waals surface area contributed by atoms with Gasteiger partial charge in [-0.3, -0.25) is 4.79 Å². The van der Waals surface area contributed by atoms with Crippen molar-refractivity contribution in [2.24, 2.45) is 0 Å². The summed E-state index contributed by atoms with van der Waals surface area (Å²) in [5.74, 6) is 0.0577. The van der Waals surface area contributed by atoms with Crippen molar-refractivity contribution in [3.05, 3.63) is 101 Å². The van der Waals surface area contributed by atoms with Gasteiger partial charge in [-0.2, -0.15) is 4.57 Å². The number of carbonyl (C=O) groups is 1. The summed E-state index contributed by atoms with van der Waals surface area (Å²) in [6, 6.07) is 21.8. The smallest absolute Gasteiger partial charge is 0.208 e. The Morgan fingerprint density at radius 3 is 2.22 bits per heavy atom. The van der Waals surface area contributed by atoms with Gasteiger partial charge in [0.25, 0.3) is 0 Å². The Kier molecular flexibility index (Phi) is 4.54. The third-order valence-corrected chi connectivity index (χ3v) is 4.08. The predicted molar refractivity (Wildman–Crippen MR) is 91.8 cm³/mol. The number of hydrogen-bond acceptors (Lipinski definition) is 1. The fraction of sp³-hybridized carbons (Fsp3) is 0.100. The first-order valence-electron chi connectivity index (χ1n) is 7.47. The molecule has 0 bridgehead atoms. The predicted octanol–water partition coefficient (Wildman–Crippen LogP) is 4.47. The molecule has 0 aliphatic rings. The molecule has 23 heavy (non-hydrogen) atoms. The SMILES string of the molecule is CC(=O)c1ccc[n+]([C@@H](c2ccccc2)c2ccc(Cl)cc2)c1. The second kappa shape index (κ2) is 6.76. The first kappa shape index (κ1) is 15.4. The van der Waals surface area contributed by atoms with Crippen molar-refractivity contribution in [2.45, 2.75) is 13.0 Å². The zero-order valence-corrected chi connectivity index (χ0v) is 13.6. The van der Waals surface area contributed by atoms with Gasteiger partial charge < -0.3 is 0 Å². The second-order valence-electron chi connectivity index (χ2n) is 5.46. The van der Waals surface area contributed by atoms with Crippen molar-refractivity contribution in [1.29, 1.82) is 0 Å². The highest BCUT2D eigenvalue weighted by atomic mass is 35.5. The molecular weight excluding hydrogens is 306 g/mol. The zero-order chi connectivity index (χ0) is 16.2. The first-order chi connectivity index (χ1) is 11.1. The molecule has 1 aromatic heterocycles. The second-order valence-corrected chi connectivity index (χ2v) is 5.90. The van der Waals surface area contributed by atoms with Crippen LogP contribution in [0, 0.1) is 0 Å². The molecule has 3 aromatic rings. The highest BCUT2D eigenvalue weighted by Gasteiger charge is 2.24. The summed E-state index contributed by atoms with van der Waals surface area (Å²) in [4.78, 5) is 11.7. The van der Waals surface area contributed by atoms with Gasteiger partial charge in [0, 0.05) is 22.2 Å². The minimum atomic E-state index is -0.00670. The van der Waals surface area contributed by atoms with Gasteiger partial charge in [0.1, 0.15) is 0 Å². The Hall–Kier alpha value is -2.45. The minimum absolute atomic E-state index is 0.00670. The molecule has 0 fully saturated rings. The average molecular weight is 323 g/mol. The number of Topliss-reactive ketones (excluding diaryl/α,β-unsaturated/α-hetero) is 1. The number of pyridine rings is 1. The largest absolute Gasteiger partial charge is 0.294 e. The van der Waals surface area contributed by atoms with Crippen LogP contribution in [0.5, 0.6) is 0 Å². The number of benzene rings is 2. The van der Waals surface area contributed by atoms with Crippen LogP contribution in [-0.2, 0) is 0 Å². The van der Waals surface area contributed by atoms with Crippen LogP contribution in [0.4, 0.5) is 0 Å². The monoisotopic (exact) mass is 322 g/mol. The van der Waals surface area contributed by atoms with Gasteiger partial charge in [-0.1, -0.05) is 54.1 Å². The number of ketones is 1. The zero-order valence-electron chi connectivity index (χ0n) is 12.8. The van der Waals surface area contributed by atoms with Crippen molar-refractivity contribution in [3.8, 4) is 0 Å². The molecule has 0 saturated heterocycles. The number of carbonyl (C=O) groups excluding carboxylic acids is 1. The van der Waals surface area contributed by atoms with Gasteiger partial charge in [0.15, 0.2) is 18.2 Å². The van der Waals surface area contributed by atoms with Crippen LogP contribution >= 0.6 is 11.6 Å². The highest BCUT2D eigenvalue weighted by Crippen LogP contribution is 2.23. The maximum atomic E-state index is 11.7. The van der Waals surface area contributed by atoms with E-state index in [-0.39, 0.29) is 11.8 Å². The lowest BCUT2D eigenvalue weighted by Gasteiger charge is -2.14. The van der Waals surface area contributed by atoms with Crippen LogP contribution in [0.3, 0.4) is 0 Å². The van der Waals surface area contributed by atoms with Crippen molar-refractivity contribution >= 4 is 17.4 Å². The van der Waals surface area contributed by atoms with Gasteiger partial charge in [-0.05, 0) is 25.1 Å². The number of aromatic nitrogens is 1. The summed E-state index contributed by atoms with van der Waals surface area (Å²) in [5, 5.41) is 0.711. The molecule has 3 heteroatoms. The Labute approximate surface area is 141 Å². The van der Waals surface area contributed by atoms with Crippen LogP contribution in [0.25, 0.3) is 0 Å². The van der Waals surface area contributed by atoms with Crippen LogP contribution in [0.15, 0.2) is 79.1 Å². The first-order valence-corrected chi connectivity index (χ1v) is 7.85. The molecule has 0 spiro atoms. The Balaban J connectivity index is 2.14. The van der Waals surface area contributed by atoms with E-state index in [1.54, 1.807) is 6.92 Å². The van der Waals surface area contributed by atoms with E-state index in [2.05, 4.69) is 16.7 Å². The van der Waals surface area contributed by atoms with Crippen LogP contribution < -0.4 is 4.57 Å². The van der Waals surface area contributed by atoms with Crippen molar-refractivity contribution in [2.75, 3.05) is 0 Å². The standard InChI is InChI=1S/C20H17ClNO/c1-15(23)18-8-5-13-22(14-18)20(16-6-3-2-4-7-16)17-9-11-19(21)12-10-17/h2-14,20H,1H3/q+1/t20-/m0/s1. The summed E-state index contributed by atoms with van der Waals surface area (Å²) in [7, 11) is 0. The van der Waals surface area contributed by atoms with E-state index in [1.165, 1.54) is 0 Å². The topological polar surface area (TPSA) is 20.9 Å². The number of hydrogen-bond donors (Lipinski definition) is 0. The highest BCUT2D eigenvalue weighted by molar-refractivity contribution is 6.30. The lowest BCUT2D eigenvalue weighted by molar-refractivity contribution is -0.705. The van der Waals surface area contributed by atoms with E-state index in [0.29, 0.717) is 10.6 Å². The Morgan fingerprint density at radius 2 is 1.57 bits per heavy atom. The van der Waals surface area contributed by atoms with Crippen molar-refractivity contribution < 1.29 is 9.36 Å². The normalized spacial score (nSPS) is 11.9. The van der Waals surface area contributed by atoms with Crippen molar-refractivity contribution in [1.82, 2.24) is 0 Å². The fourth-order valence-electron chi connectivity index (χ4n) is 2.68. The fourth-order valence-corrected chi connectivity index (χ4v) is 2.80. The number of rotatable bonds is 4. The summed E-state index contributed by atoms with van der Waals surface area (Å²) in [5.41, 5.74) is 2.97. The van der Waals surface area contributed by atoms with Crippen molar-refractivity contribution in [3.63, 3.8) is 0 Å². The minimum Gasteiger partial charge on any atom is -0.294 e. The molecule has 0 amide bonds. The molecule has 1 atom stereocenters.